The van der Waals surface area contributed by atoms with Crippen molar-refractivity contribution in [3.63, 3.8) is 0 Å². The Hall–Kier alpha value is -2.25. The molecule has 0 N–H and O–H groups in total. The Morgan fingerprint density at radius 1 is 1.11 bits per heavy atom. The summed E-state index contributed by atoms with van der Waals surface area (Å²) in [6.07, 6.45) is -1.74. The Morgan fingerprint density at radius 2 is 1.75 bits per heavy atom. The fourth-order valence-corrected chi connectivity index (χ4v) is 6.56. The lowest BCUT2D eigenvalue weighted by Gasteiger charge is -2.53. The number of piperidine rings is 2. The van der Waals surface area contributed by atoms with Crippen LogP contribution in [0.3, 0.4) is 0 Å². The molecule has 1 aromatic carbocycles. The van der Waals surface area contributed by atoms with Crippen molar-refractivity contribution in [3.8, 4) is 11.8 Å². The van der Waals surface area contributed by atoms with E-state index in [2.05, 4.69) is 37.6 Å². The Balaban J connectivity index is 0.00000442. The van der Waals surface area contributed by atoms with Gasteiger partial charge in [0.1, 0.15) is 23.0 Å². The molecule has 2 aromatic rings. The van der Waals surface area contributed by atoms with Gasteiger partial charge in [-0.15, -0.1) is 0 Å². The molecule has 3 saturated heterocycles. The topological polar surface area (TPSA) is 80.3 Å². The summed E-state index contributed by atoms with van der Waals surface area (Å²) in [4.78, 5) is 28.0. The van der Waals surface area contributed by atoms with Crippen molar-refractivity contribution < 1.29 is 32.2 Å². The number of carbonyl (C=O) groups excluding carboxylic acids is 1. The van der Waals surface area contributed by atoms with Crippen LogP contribution >= 0.6 is 27.5 Å². The van der Waals surface area contributed by atoms with Gasteiger partial charge in [-0.25, -0.2) is 4.79 Å². The van der Waals surface area contributed by atoms with Gasteiger partial charge in [-0.2, -0.15) is 23.1 Å². The van der Waals surface area contributed by atoms with Crippen molar-refractivity contribution in [3.05, 3.63) is 15.6 Å². The molecule has 0 unspecified atom stereocenters. The second-order valence-corrected chi connectivity index (χ2v) is 13.9. The first-order valence-electron chi connectivity index (χ1n) is 14.7. The number of rotatable bonds is 6. The normalized spacial score (nSPS) is 19.5. The quantitative estimate of drug-likeness (QED) is 0.309. The third-order valence-electron chi connectivity index (χ3n) is 8.26. The minimum absolute atomic E-state index is 0. The molecule has 9 nitrogen and oxygen atoms in total. The third-order valence-corrected chi connectivity index (χ3v) is 9.58. The summed E-state index contributed by atoms with van der Waals surface area (Å²) in [5, 5.41) is 0.675. The number of aromatic nitrogens is 2. The number of carbonyl (C=O) groups is 1. The zero-order valence-electron chi connectivity index (χ0n) is 24.9. The Kier molecular flexibility index (Phi) is 10.4. The van der Waals surface area contributed by atoms with Crippen LogP contribution in [-0.2, 0) is 4.74 Å². The molecule has 4 heterocycles. The maximum atomic E-state index is 13.2. The predicted octanol–water partition coefficient (Wildman–Crippen LogP) is 7.32. The van der Waals surface area contributed by atoms with E-state index in [-0.39, 0.29) is 51.8 Å². The summed E-state index contributed by atoms with van der Waals surface area (Å²) in [5.41, 5.74) is -0.362. The summed E-state index contributed by atoms with van der Waals surface area (Å²) in [6.45, 7) is 11.4. The zero-order valence-corrected chi connectivity index (χ0v) is 27.2. The van der Waals surface area contributed by atoms with Crippen LogP contribution in [0, 0.1) is 5.41 Å². The van der Waals surface area contributed by atoms with Crippen LogP contribution in [-0.4, -0.2) is 96.2 Å². The summed E-state index contributed by atoms with van der Waals surface area (Å²) >= 11 is 9.78. The van der Waals surface area contributed by atoms with E-state index in [0.29, 0.717) is 37.4 Å². The summed E-state index contributed by atoms with van der Waals surface area (Å²) in [5.74, 6) is 0.435. The molecule has 1 spiro atoms. The van der Waals surface area contributed by atoms with E-state index in [1.54, 1.807) is 11.0 Å². The third kappa shape index (κ3) is 7.93. The fourth-order valence-electron chi connectivity index (χ4n) is 5.95. The number of hydrogen-bond acceptors (Lipinski definition) is 8. The van der Waals surface area contributed by atoms with Gasteiger partial charge in [0.05, 0.1) is 9.50 Å². The van der Waals surface area contributed by atoms with Gasteiger partial charge >= 0.3 is 18.3 Å². The Morgan fingerprint density at radius 3 is 2.32 bits per heavy atom. The molecule has 1 amide bonds. The van der Waals surface area contributed by atoms with Gasteiger partial charge in [0.2, 0.25) is 0 Å². The zero-order chi connectivity index (χ0) is 31.2. The fraction of sp³-hybridized carbons (Fsp3) is 0.700. The first-order valence-corrected chi connectivity index (χ1v) is 15.8. The molecule has 5 rings (SSSR count). The molecule has 1 aromatic heterocycles. The number of alkyl halides is 3. The number of fused-ring (bicyclic) bond motifs is 1. The minimum atomic E-state index is -4.55. The van der Waals surface area contributed by atoms with Crippen LogP contribution in [0.5, 0.6) is 11.8 Å². The van der Waals surface area contributed by atoms with Crippen molar-refractivity contribution >= 4 is 50.3 Å². The molecular formula is C30H42BrClF3N5O4. The second kappa shape index (κ2) is 13.2. The molecule has 3 fully saturated rings. The van der Waals surface area contributed by atoms with Crippen LogP contribution in [0.15, 0.2) is 10.5 Å². The number of hydrogen-bond donors (Lipinski definition) is 0. The van der Waals surface area contributed by atoms with Crippen molar-refractivity contribution in [2.24, 2.45) is 5.41 Å². The number of amides is 1. The number of anilines is 1. The first-order chi connectivity index (χ1) is 20.2. The lowest BCUT2D eigenvalue weighted by Crippen LogP contribution is -2.62. The molecule has 3 aliphatic rings. The Bertz CT molecular complexity index is 1330. The van der Waals surface area contributed by atoms with Gasteiger partial charge in [-0.1, -0.05) is 26.0 Å². The van der Waals surface area contributed by atoms with Crippen LogP contribution in [0.25, 0.3) is 10.9 Å². The van der Waals surface area contributed by atoms with Crippen LogP contribution in [0.4, 0.5) is 23.8 Å². The maximum Gasteiger partial charge on any atom is 0.422 e. The van der Waals surface area contributed by atoms with E-state index in [9.17, 15) is 18.0 Å². The monoisotopic (exact) mass is 707 g/mol. The molecule has 3 aliphatic heterocycles. The van der Waals surface area contributed by atoms with Gasteiger partial charge in [0, 0.05) is 50.1 Å². The molecule has 246 valence electrons. The number of likely N-dealkylation sites (tertiary alicyclic amines) is 2. The summed E-state index contributed by atoms with van der Waals surface area (Å²) < 4.78 is 56.8. The van der Waals surface area contributed by atoms with Crippen LogP contribution in [0.2, 0.25) is 5.02 Å². The smallest absolute Gasteiger partial charge is 0.422 e. The van der Waals surface area contributed by atoms with Crippen molar-refractivity contribution in [1.29, 1.82) is 0 Å². The second-order valence-electron chi connectivity index (χ2n) is 12.7. The van der Waals surface area contributed by atoms with E-state index in [0.717, 1.165) is 45.3 Å². The first kappa shape index (κ1) is 34.6. The van der Waals surface area contributed by atoms with E-state index < -0.39 is 18.4 Å². The van der Waals surface area contributed by atoms with Crippen LogP contribution in [0.1, 0.15) is 60.8 Å². The standard InChI is InChI=1S/C29H38BrClF3N5O4.CH4/c1-5-37-10-6-18(7-11-37)42-25-35-22-19(14-20(31)21(30)23(22)41-17-29(32,33)34)24(36-25)38-12-8-28(9-13-38)15-39(16-28)26(40)43-27(2,3)4;/h14,18H,5-13,15-17H2,1-4H3;1H4. The van der Waals surface area contributed by atoms with Gasteiger partial charge in [-0.3, -0.25) is 0 Å². The molecule has 14 heteroatoms. The molecule has 0 bridgehead atoms. The maximum absolute atomic E-state index is 13.2. The molecular weight excluding hydrogens is 667 g/mol. The van der Waals surface area contributed by atoms with E-state index in [1.165, 1.54) is 0 Å². The SMILES string of the molecule is C.CCN1CCC(Oc2nc(N3CCC4(CC3)CN(C(=O)OC(C)(C)C)C4)c3cc(Cl)c(Br)c(OCC(F)(F)F)c3n2)CC1. The highest BCUT2D eigenvalue weighted by molar-refractivity contribution is 9.10. The average Bonchev–Trinajstić information content (AvgIpc) is 2.91. The molecule has 0 atom stereocenters. The van der Waals surface area contributed by atoms with Gasteiger partial charge in [0.15, 0.2) is 12.4 Å². The number of benzene rings is 1. The number of ether oxygens (including phenoxy) is 3. The van der Waals surface area contributed by atoms with E-state index in [1.807, 2.05) is 20.8 Å². The summed E-state index contributed by atoms with van der Waals surface area (Å²) in [6, 6.07) is 1.75. The molecule has 0 radical (unpaired) electrons. The minimum Gasteiger partial charge on any atom is -0.481 e. The number of nitrogens with zero attached hydrogens (tertiary/aromatic N) is 5. The van der Waals surface area contributed by atoms with Crippen molar-refractivity contribution in [2.45, 2.75) is 78.7 Å². The lowest BCUT2D eigenvalue weighted by atomic mass is 9.72. The van der Waals surface area contributed by atoms with Crippen LogP contribution < -0.4 is 14.4 Å². The molecule has 0 saturated carbocycles. The number of halogens is 5. The average molecular weight is 709 g/mol. The molecule has 44 heavy (non-hydrogen) atoms. The van der Waals surface area contributed by atoms with E-state index >= 15 is 0 Å². The highest BCUT2D eigenvalue weighted by Gasteiger charge is 2.48. The van der Waals surface area contributed by atoms with Gasteiger partial charge in [-0.05, 0) is 75.0 Å². The largest absolute Gasteiger partial charge is 0.481 e. The highest BCUT2D eigenvalue weighted by atomic mass is 79.9. The van der Waals surface area contributed by atoms with Gasteiger partial charge in [0.25, 0.3) is 0 Å². The van der Waals surface area contributed by atoms with Crippen molar-refractivity contribution in [2.75, 3.05) is 57.3 Å². The summed E-state index contributed by atoms with van der Waals surface area (Å²) in [7, 11) is 0. The van der Waals surface area contributed by atoms with E-state index in [4.69, 9.17) is 30.8 Å². The molecule has 0 aliphatic carbocycles. The van der Waals surface area contributed by atoms with Crippen molar-refractivity contribution in [1.82, 2.24) is 19.8 Å². The van der Waals surface area contributed by atoms with Gasteiger partial charge < -0.3 is 28.9 Å². The Labute approximate surface area is 270 Å². The lowest BCUT2D eigenvalue weighted by molar-refractivity contribution is -0.153. The predicted molar refractivity (Wildman–Crippen MR) is 168 cm³/mol. The highest BCUT2D eigenvalue weighted by Crippen LogP contribution is 2.46.